The third-order valence-corrected chi connectivity index (χ3v) is 3.12. The average molecular weight is 340 g/mol. The number of rotatable bonds is 3. The summed E-state index contributed by atoms with van der Waals surface area (Å²) in [6.45, 7) is 1.73. The smallest absolute Gasteiger partial charge is 0.262 e. The standard InChI is InChI=1S/C13H11BrFN3O2/c1-7-6-10(20-2)17-13(16-7)18-12(19)11-8(14)4-3-5-9(11)15/h3-6H,1-2H3,(H,16,17,18,19). The largest absolute Gasteiger partial charge is 0.481 e. The maximum Gasteiger partial charge on any atom is 0.262 e. The lowest BCUT2D eigenvalue weighted by atomic mass is 10.2. The molecule has 0 aliphatic carbocycles. The van der Waals surface area contributed by atoms with E-state index < -0.39 is 11.7 Å². The summed E-state index contributed by atoms with van der Waals surface area (Å²) in [7, 11) is 1.46. The third kappa shape index (κ3) is 3.11. The molecule has 0 aliphatic rings. The highest BCUT2D eigenvalue weighted by Gasteiger charge is 2.17. The molecule has 0 spiro atoms. The minimum Gasteiger partial charge on any atom is -0.481 e. The van der Waals surface area contributed by atoms with Crippen molar-refractivity contribution in [3.63, 3.8) is 0 Å². The molecule has 0 aliphatic heterocycles. The molecule has 0 bridgehead atoms. The molecule has 2 aromatic rings. The van der Waals surface area contributed by atoms with Crippen LogP contribution in [0.3, 0.4) is 0 Å². The van der Waals surface area contributed by atoms with Crippen LogP contribution in [0.5, 0.6) is 5.88 Å². The molecule has 5 nitrogen and oxygen atoms in total. The predicted octanol–water partition coefficient (Wildman–Crippen LogP) is 2.95. The maximum atomic E-state index is 13.7. The average Bonchev–Trinajstić information content (AvgIpc) is 2.37. The van der Waals surface area contributed by atoms with Gasteiger partial charge in [0.2, 0.25) is 11.8 Å². The van der Waals surface area contributed by atoms with Crippen LogP contribution >= 0.6 is 15.9 Å². The number of amides is 1. The molecule has 0 unspecified atom stereocenters. The summed E-state index contributed by atoms with van der Waals surface area (Å²) in [6, 6.07) is 5.91. The zero-order valence-electron chi connectivity index (χ0n) is 10.8. The molecule has 104 valence electrons. The minimum absolute atomic E-state index is 0.0574. The molecular formula is C13H11BrFN3O2. The molecule has 1 heterocycles. The summed E-state index contributed by atoms with van der Waals surface area (Å²) >= 11 is 3.14. The maximum absolute atomic E-state index is 13.7. The number of carbonyl (C=O) groups excluding carboxylic acids is 1. The van der Waals surface area contributed by atoms with E-state index in [1.807, 2.05) is 0 Å². The Morgan fingerprint density at radius 1 is 1.40 bits per heavy atom. The number of methoxy groups -OCH3 is 1. The molecule has 0 fully saturated rings. The highest BCUT2D eigenvalue weighted by molar-refractivity contribution is 9.10. The van der Waals surface area contributed by atoms with Crippen molar-refractivity contribution < 1.29 is 13.9 Å². The van der Waals surface area contributed by atoms with Gasteiger partial charge in [-0.1, -0.05) is 6.07 Å². The first kappa shape index (κ1) is 14.4. The molecule has 0 radical (unpaired) electrons. The normalized spacial score (nSPS) is 10.2. The SMILES string of the molecule is COc1cc(C)nc(NC(=O)c2c(F)cccc2Br)n1. The van der Waals surface area contributed by atoms with Gasteiger partial charge in [-0.15, -0.1) is 0 Å². The lowest BCUT2D eigenvalue weighted by molar-refractivity contribution is 0.102. The number of anilines is 1. The van der Waals surface area contributed by atoms with Crippen molar-refractivity contribution in [1.82, 2.24) is 9.97 Å². The Morgan fingerprint density at radius 2 is 2.15 bits per heavy atom. The van der Waals surface area contributed by atoms with Gasteiger partial charge in [-0.2, -0.15) is 4.98 Å². The molecule has 2 rings (SSSR count). The predicted molar refractivity (Wildman–Crippen MR) is 75.4 cm³/mol. The molecular weight excluding hydrogens is 329 g/mol. The highest BCUT2D eigenvalue weighted by Crippen LogP contribution is 2.21. The Balaban J connectivity index is 2.30. The van der Waals surface area contributed by atoms with Crippen molar-refractivity contribution in [2.45, 2.75) is 6.92 Å². The molecule has 20 heavy (non-hydrogen) atoms. The Labute approximate surface area is 123 Å². The number of nitrogens with zero attached hydrogens (tertiary/aromatic N) is 2. The Kier molecular flexibility index (Phi) is 4.29. The molecule has 1 N–H and O–H groups in total. The fourth-order valence-corrected chi connectivity index (χ4v) is 2.10. The van der Waals surface area contributed by atoms with Crippen molar-refractivity contribution in [2.75, 3.05) is 12.4 Å². The third-order valence-electron chi connectivity index (χ3n) is 2.46. The molecule has 1 aromatic heterocycles. The monoisotopic (exact) mass is 339 g/mol. The quantitative estimate of drug-likeness (QED) is 0.933. The van der Waals surface area contributed by atoms with Crippen LogP contribution in [0.15, 0.2) is 28.7 Å². The van der Waals surface area contributed by atoms with Gasteiger partial charge in [0.25, 0.3) is 5.91 Å². The van der Waals surface area contributed by atoms with Crippen molar-refractivity contribution in [1.29, 1.82) is 0 Å². The Hall–Kier alpha value is -2.02. The lowest BCUT2D eigenvalue weighted by Crippen LogP contribution is -2.17. The summed E-state index contributed by atoms with van der Waals surface area (Å²) in [5.41, 5.74) is 0.524. The van der Waals surface area contributed by atoms with Gasteiger partial charge < -0.3 is 4.74 Å². The van der Waals surface area contributed by atoms with Crippen LogP contribution in [0, 0.1) is 12.7 Å². The number of carbonyl (C=O) groups is 1. The zero-order chi connectivity index (χ0) is 14.7. The lowest BCUT2D eigenvalue weighted by Gasteiger charge is -2.08. The van der Waals surface area contributed by atoms with E-state index in [4.69, 9.17) is 4.74 Å². The van der Waals surface area contributed by atoms with E-state index in [1.54, 1.807) is 19.1 Å². The number of benzene rings is 1. The van der Waals surface area contributed by atoms with Crippen LogP contribution in [0.4, 0.5) is 10.3 Å². The van der Waals surface area contributed by atoms with E-state index in [2.05, 4.69) is 31.2 Å². The second-order valence-corrected chi connectivity index (χ2v) is 4.78. The van der Waals surface area contributed by atoms with E-state index in [9.17, 15) is 9.18 Å². The fraction of sp³-hybridized carbons (Fsp3) is 0.154. The van der Waals surface area contributed by atoms with Gasteiger partial charge in [-0.25, -0.2) is 9.37 Å². The topological polar surface area (TPSA) is 64.1 Å². The van der Waals surface area contributed by atoms with Crippen LogP contribution in [-0.4, -0.2) is 23.0 Å². The number of halogens is 2. The van der Waals surface area contributed by atoms with E-state index in [0.29, 0.717) is 16.0 Å². The van der Waals surface area contributed by atoms with Crippen LogP contribution in [0.25, 0.3) is 0 Å². The van der Waals surface area contributed by atoms with Gasteiger partial charge in [-0.05, 0) is 35.0 Å². The molecule has 1 aromatic carbocycles. The number of hydrogen-bond acceptors (Lipinski definition) is 4. The first-order valence-electron chi connectivity index (χ1n) is 5.66. The van der Waals surface area contributed by atoms with Crippen LogP contribution in [-0.2, 0) is 0 Å². The summed E-state index contributed by atoms with van der Waals surface area (Å²) in [6.07, 6.45) is 0. The van der Waals surface area contributed by atoms with Gasteiger partial charge in [0.15, 0.2) is 0 Å². The van der Waals surface area contributed by atoms with Gasteiger partial charge in [0.1, 0.15) is 5.82 Å². The van der Waals surface area contributed by atoms with Gasteiger partial charge in [0, 0.05) is 16.2 Å². The van der Waals surface area contributed by atoms with Crippen LogP contribution < -0.4 is 10.1 Å². The first-order valence-corrected chi connectivity index (χ1v) is 6.45. The highest BCUT2D eigenvalue weighted by atomic mass is 79.9. The molecule has 1 amide bonds. The number of aryl methyl sites for hydroxylation is 1. The van der Waals surface area contributed by atoms with Crippen LogP contribution in [0.1, 0.15) is 16.1 Å². The molecule has 0 saturated heterocycles. The van der Waals surface area contributed by atoms with Crippen molar-refractivity contribution in [2.24, 2.45) is 0 Å². The minimum atomic E-state index is -0.636. The van der Waals surface area contributed by atoms with Crippen molar-refractivity contribution in [3.05, 3.63) is 45.8 Å². The van der Waals surface area contributed by atoms with Gasteiger partial charge in [-0.3, -0.25) is 10.1 Å². The van der Waals surface area contributed by atoms with E-state index in [-0.39, 0.29) is 11.5 Å². The first-order chi connectivity index (χ1) is 9.51. The molecule has 0 atom stereocenters. The van der Waals surface area contributed by atoms with Gasteiger partial charge in [0.05, 0.1) is 12.7 Å². The number of nitrogens with one attached hydrogen (secondary N) is 1. The molecule has 0 saturated carbocycles. The van der Waals surface area contributed by atoms with E-state index in [1.165, 1.54) is 19.2 Å². The second kappa shape index (κ2) is 5.96. The van der Waals surface area contributed by atoms with Crippen molar-refractivity contribution >= 4 is 27.8 Å². The number of hydrogen-bond donors (Lipinski definition) is 1. The molecule has 7 heteroatoms. The van der Waals surface area contributed by atoms with Crippen LogP contribution in [0.2, 0.25) is 0 Å². The summed E-state index contributed by atoms with van der Waals surface area (Å²) < 4.78 is 19.0. The van der Waals surface area contributed by atoms with E-state index >= 15 is 0 Å². The van der Waals surface area contributed by atoms with Gasteiger partial charge >= 0.3 is 0 Å². The summed E-state index contributed by atoms with van der Waals surface area (Å²) in [5.74, 6) is -0.887. The Morgan fingerprint density at radius 3 is 2.80 bits per heavy atom. The summed E-state index contributed by atoms with van der Waals surface area (Å²) in [5, 5.41) is 2.44. The summed E-state index contributed by atoms with van der Waals surface area (Å²) in [4.78, 5) is 20.1. The fourth-order valence-electron chi connectivity index (χ4n) is 1.58. The second-order valence-electron chi connectivity index (χ2n) is 3.93. The van der Waals surface area contributed by atoms with Crippen molar-refractivity contribution in [3.8, 4) is 5.88 Å². The zero-order valence-corrected chi connectivity index (χ0v) is 12.4. The van der Waals surface area contributed by atoms with E-state index in [0.717, 1.165) is 0 Å². The Bertz CT molecular complexity index is 644. The number of aromatic nitrogens is 2. The number of ether oxygens (including phenoxy) is 1.